The number of hydrogen-bond donors (Lipinski definition) is 2. The van der Waals surface area contributed by atoms with Crippen LogP contribution in [0, 0.1) is 0 Å². The zero-order chi connectivity index (χ0) is 12.3. The first-order valence-electron chi connectivity index (χ1n) is 4.23. The first-order valence-corrected chi connectivity index (χ1v) is 7.26. The normalized spacial score (nSPS) is 11.8. The summed E-state index contributed by atoms with van der Waals surface area (Å²) in [7, 11) is -3.72. The lowest BCUT2D eigenvalue weighted by Crippen LogP contribution is -2.29. The lowest BCUT2D eigenvalue weighted by molar-refractivity contribution is 0.582. The van der Waals surface area contributed by atoms with Crippen LogP contribution in [0.3, 0.4) is 0 Å². The van der Waals surface area contributed by atoms with Crippen molar-refractivity contribution in [3.63, 3.8) is 0 Å². The van der Waals surface area contributed by atoms with Gasteiger partial charge in [0.1, 0.15) is 4.90 Å². The van der Waals surface area contributed by atoms with Crippen LogP contribution in [0.4, 0.5) is 0 Å². The molecule has 1 rings (SSSR count). The molecule has 0 aliphatic carbocycles. The molecule has 0 amide bonds. The fourth-order valence-corrected chi connectivity index (χ4v) is 4.03. The molecule has 0 aliphatic heterocycles. The zero-order valence-corrected chi connectivity index (χ0v) is 11.9. The Morgan fingerprint density at radius 3 is 2.25 bits per heavy atom. The second-order valence-corrected chi connectivity index (χ2v) is 6.32. The van der Waals surface area contributed by atoms with Gasteiger partial charge in [0, 0.05) is 17.6 Å². The van der Waals surface area contributed by atoms with Crippen molar-refractivity contribution in [3.05, 3.63) is 26.7 Å². The summed E-state index contributed by atoms with van der Waals surface area (Å²) in [6.45, 7) is 0.329. The number of nitrogens with one attached hydrogen (secondary N) is 1. The third-order valence-electron chi connectivity index (χ3n) is 1.67. The van der Waals surface area contributed by atoms with Gasteiger partial charge in [-0.1, -0.05) is 39.1 Å². The Balaban J connectivity index is 3.23. The van der Waals surface area contributed by atoms with E-state index in [0.717, 1.165) is 0 Å². The van der Waals surface area contributed by atoms with E-state index < -0.39 is 10.0 Å². The molecule has 0 unspecified atom stereocenters. The number of sulfonamides is 1. The van der Waals surface area contributed by atoms with E-state index in [0.29, 0.717) is 4.47 Å². The summed E-state index contributed by atoms with van der Waals surface area (Å²) in [6, 6.07) is 2.93. The molecule has 4 nitrogen and oxygen atoms in total. The predicted molar refractivity (Wildman–Crippen MR) is 68.4 cm³/mol. The Morgan fingerprint density at radius 1 is 1.31 bits per heavy atom. The third kappa shape index (κ3) is 3.32. The highest BCUT2D eigenvalue weighted by molar-refractivity contribution is 9.10. The molecule has 1 aromatic rings. The first kappa shape index (κ1) is 14.2. The van der Waals surface area contributed by atoms with Crippen LogP contribution in [0.5, 0.6) is 0 Å². The molecule has 0 atom stereocenters. The van der Waals surface area contributed by atoms with Crippen molar-refractivity contribution >= 4 is 49.2 Å². The SMILES string of the molecule is NCCNS(=O)(=O)c1c(Cl)cc(Br)cc1Cl. The molecule has 90 valence electrons. The van der Waals surface area contributed by atoms with Crippen LogP contribution < -0.4 is 10.5 Å². The molecule has 0 radical (unpaired) electrons. The van der Waals surface area contributed by atoms with Gasteiger partial charge in [-0.15, -0.1) is 0 Å². The van der Waals surface area contributed by atoms with Gasteiger partial charge in [-0.3, -0.25) is 0 Å². The minimum atomic E-state index is -3.72. The van der Waals surface area contributed by atoms with Gasteiger partial charge in [0.2, 0.25) is 10.0 Å². The molecule has 0 heterocycles. The van der Waals surface area contributed by atoms with Gasteiger partial charge < -0.3 is 5.73 Å². The minimum Gasteiger partial charge on any atom is -0.329 e. The topological polar surface area (TPSA) is 72.2 Å². The van der Waals surface area contributed by atoms with Crippen LogP contribution in [0.25, 0.3) is 0 Å². The Bertz CT molecular complexity index is 470. The van der Waals surface area contributed by atoms with Crippen LogP contribution >= 0.6 is 39.1 Å². The lowest BCUT2D eigenvalue weighted by atomic mass is 10.4. The van der Waals surface area contributed by atoms with E-state index in [-0.39, 0.29) is 28.0 Å². The molecule has 0 fully saturated rings. The van der Waals surface area contributed by atoms with E-state index in [1.165, 1.54) is 12.1 Å². The number of halogens is 3. The monoisotopic (exact) mass is 346 g/mol. The number of nitrogens with two attached hydrogens (primary N) is 1. The van der Waals surface area contributed by atoms with Crippen molar-refractivity contribution in [2.75, 3.05) is 13.1 Å². The molecule has 0 aromatic heterocycles. The Kier molecular flexibility index (Phi) is 5.03. The average molecular weight is 348 g/mol. The largest absolute Gasteiger partial charge is 0.329 e. The van der Waals surface area contributed by atoms with Gasteiger partial charge in [-0.05, 0) is 12.1 Å². The Labute approximate surface area is 112 Å². The van der Waals surface area contributed by atoms with Gasteiger partial charge >= 0.3 is 0 Å². The summed E-state index contributed by atoms with van der Waals surface area (Å²) in [5, 5.41) is 0.118. The second-order valence-electron chi connectivity index (χ2n) is 2.89. The molecule has 0 saturated carbocycles. The Hall–Kier alpha value is 0.150. The van der Waals surface area contributed by atoms with E-state index in [1.54, 1.807) is 0 Å². The highest BCUT2D eigenvalue weighted by Crippen LogP contribution is 2.32. The van der Waals surface area contributed by atoms with E-state index in [1.807, 2.05) is 0 Å². The summed E-state index contributed by atoms with van der Waals surface area (Å²) in [5.41, 5.74) is 5.21. The first-order chi connectivity index (χ1) is 7.38. The molecule has 8 heteroatoms. The molecular formula is C8H9BrCl2N2O2S. The third-order valence-corrected chi connectivity index (χ3v) is 4.51. The van der Waals surface area contributed by atoms with Crippen LogP contribution in [0.1, 0.15) is 0 Å². The maximum absolute atomic E-state index is 11.8. The standard InChI is InChI=1S/C8H9BrCl2N2O2S/c9-5-3-6(10)8(7(11)4-5)16(14,15)13-2-1-12/h3-4,13H,1-2,12H2. The summed E-state index contributed by atoms with van der Waals surface area (Å²) < 4.78 is 26.5. The summed E-state index contributed by atoms with van der Waals surface area (Å²) >= 11 is 14.8. The average Bonchev–Trinajstić information content (AvgIpc) is 2.12. The molecule has 3 N–H and O–H groups in total. The summed E-state index contributed by atoms with van der Waals surface area (Å²) in [5.74, 6) is 0. The predicted octanol–water partition coefficient (Wildman–Crippen LogP) is 1.99. The van der Waals surface area contributed by atoms with E-state index in [2.05, 4.69) is 20.7 Å². The molecule has 0 bridgehead atoms. The fraction of sp³-hybridized carbons (Fsp3) is 0.250. The maximum atomic E-state index is 11.8. The number of rotatable bonds is 4. The minimum absolute atomic E-state index is 0.0592. The molecule has 0 spiro atoms. The van der Waals surface area contributed by atoms with Gasteiger partial charge in [0.05, 0.1) is 10.0 Å². The zero-order valence-electron chi connectivity index (χ0n) is 8.00. The fourth-order valence-electron chi connectivity index (χ4n) is 1.05. The smallest absolute Gasteiger partial charge is 0.243 e. The van der Waals surface area contributed by atoms with Gasteiger partial charge in [0.25, 0.3) is 0 Å². The highest BCUT2D eigenvalue weighted by atomic mass is 79.9. The highest BCUT2D eigenvalue weighted by Gasteiger charge is 2.21. The Morgan fingerprint density at radius 2 is 1.81 bits per heavy atom. The summed E-state index contributed by atoms with van der Waals surface area (Å²) in [6.07, 6.45) is 0. The molecule has 0 saturated heterocycles. The number of hydrogen-bond acceptors (Lipinski definition) is 3. The van der Waals surface area contributed by atoms with Crippen molar-refractivity contribution in [3.8, 4) is 0 Å². The van der Waals surface area contributed by atoms with E-state index >= 15 is 0 Å². The van der Waals surface area contributed by atoms with Crippen LogP contribution in [0.15, 0.2) is 21.5 Å². The second kappa shape index (κ2) is 5.66. The van der Waals surface area contributed by atoms with Gasteiger partial charge in [-0.25, -0.2) is 13.1 Å². The van der Waals surface area contributed by atoms with E-state index in [9.17, 15) is 8.42 Å². The van der Waals surface area contributed by atoms with E-state index in [4.69, 9.17) is 28.9 Å². The van der Waals surface area contributed by atoms with Crippen molar-refractivity contribution in [1.29, 1.82) is 0 Å². The van der Waals surface area contributed by atoms with Crippen LogP contribution in [0.2, 0.25) is 10.0 Å². The lowest BCUT2D eigenvalue weighted by Gasteiger charge is -2.09. The number of benzene rings is 1. The van der Waals surface area contributed by atoms with Crippen molar-refractivity contribution in [1.82, 2.24) is 4.72 Å². The molecular weight excluding hydrogens is 339 g/mol. The van der Waals surface area contributed by atoms with Crippen molar-refractivity contribution < 1.29 is 8.42 Å². The van der Waals surface area contributed by atoms with Gasteiger partial charge in [0.15, 0.2) is 0 Å². The molecule has 0 aliphatic rings. The summed E-state index contributed by atoms with van der Waals surface area (Å²) in [4.78, 5) is -0.132. The maximum Gasteiger partial charge on any atom is 0.243 e. The van der Waals surface area contributed by atoms with Crippen LogP contribution in [-0.4, -0.2) is 21.5 Å². The van der Waals surface area contributed by atoms with Crippen LogP contribution in [-0.2, 0) is 10.0 Å². The molecule has 16 heavy (non-hydrogen) atoms. The van der Waals surface area contributed by atoms with Crippen molar-refractivity contribution in [2.24, 2.45) is 5.73 Å². The quantitative estimate of drug-likeness (QED) is 0.874. The molecule has 1 aromatic carbocycles. The van der Waals surface area contributed by atoms with Gasteiger partial charge in [-0.2, -0.15) is 0 Å². The van der Waals surface area contributed by atoms with Crippen molar-refractivity contribution in [2.45, 2.75) is 4.90 Å².